The fraction of sp³-hybridized carbons (Fsp3) is 0.296. The van der Waals surface area contributed by atoms with Crippen LogP contribution in [0.4, 0.5) is 13.2 Å². The molecule has 4 rings (SSSR count). The molecular weight excluding hydrogens is 576 g/mol. The van der Waals surface area contributed by atoms with E-state index in [9.17, 15) is 22.5 Å². The molecule has 0 saturated carbocycles. The molecule has 0 aliphatic carbocycles. The lowest BCUT2D eigenvalue weighted by molar-refractivity contribution is -0.258. The maximum atomic E-state index is 13.5. The van der Waals surface area contributed by atoms with E-state index in [1.54, 1.807) is 24.3 Å². The summed E-state index contributed by atoms with van der Waals surface area (Å²) in [6.45, 7) is 6.28. The van der Waals surface area contributed by atoms with E-state index in [0.29, 0.717) is 22.5 Å². The van der Waals surface area contributed by atoms with Gasteiger partial charge in [-0.3, -0.25) is 4.98 Å². The first-order chi connectivity index (χ1) is 17.6. The molecular formula is C27H25Cl2F3N2O2S2. The molecule has 3 atom stereocenters. The van der Waals surface area contributed by atoms with Crippen molar-refractivity contribution in [2.45, 2.75) is 50.3 Å². The highest BCUT2D eigenvalue weighted by atomic mass is 35.5. The zero-order valence-electron chi connectivity index (χ0n) is 20.9. The van der Waals surface area contributed by atoms with Crippen molar-refractivity contribution in [3.8, 4) is 11.3 Å². The lowest BCUT2D eigenvalue weighted by Crippen LogP contribution is -2.39. The standard InChI is InChI=1S/C27H25Cl2F3N2O2S2/c1-25(2,3)38(36)34-23(18-7-5-6-8-20(18)29)22-12-15-11-17(28)14-19(24(15)37-22)21-13-16(9-10-33-21)26(4,35)27(30,31)32/h5-14,23,34-35H,1-4H3/t23-,26?,38+/m1/s1. The number of nitrogens with zero attached hydrogens (tertiary/aromatic N) is 1. The Morgan fingerprint density at radius 2 is 1.71 bits per heavy atom. The maximum Gasteiger partial charge on any atom is 0.421 e. The molecule has 202 valence electrons. The van der Waals surface area contributed by atoms with Gasteiger partial charge < -0.3 is 5.11 Å². The lowest BCUT2D eigenvalue weighted by Gasteiger charge is -2.26. The van der Waals surface area contributed by atoms with E-state index in [1.165, 1.54) is 23.6 Å². The Morgan fingerprint density at radius 1 is 1.03 bits per heavy atom. The van der Waals surface area contributed by atoms with Gasteiger partial charge in [-0.05, 0) is 80.6 Å². The Labute approximate surface area is 235 Å². The SMILES string of the molecule is CC(C)(C)[S@](=O)N[C@@H](c1cc2cc(Cl)cc(-c3cc(C(C)(O)C(F)(F)F)ccn3)c2s1)c1ccccc1Cl. The average Bonchev–Trinajstić information content (AvgIpc) is 3.24. The second-order valence-electron chi connectivity index (χ2n) is 9.97. The number of thiophene rings is 1. The number of rotatable bonds is 6. The smallest absolute Gasteiger partial charge is 0.376 e. The largest absolute Gasteiger partial charge is 0.421 e. The van der Waals surface area contributed by atoms with Crippen LogP contribution >= 0.6 is 34.5 Å². The molecule has 0 aliphatic heterocycles. The molecule has 2 aromatic carbocycles. The van der Waals surface area contributed by atoms with Crippen molar-refractivity contribution in [3.63, 3.8) is 0 Å². The van der Waals surface area contributed by atoms with Gasteiger partial charge in [0.05, 0.1) is 27.5 Å². The van der Waals surface area contributed by atoms with Crippen LogP contribution in [0.2, 0.25) is 10.0 Å². The quantitative estimate of drug-likeness (QED) is 0.234. The predicted octanol–water partition coefficient (Wildman–Crippen LogP) is 8.18. The monoisotopic (exact) mass is 600 g/mol. The van der Waals surface area contributed by atoms with Gasteiger partial charge in [-0.1, -0.05) is 41.4 Å². The normalized spacial score (nSPS) is 15.8. The van der Waals surface area contributed by atoms with Gasteiger partial charge in [0.25, 0.3) is 0 Å². The molecule has 4 aromatic rings. The summed E-state index contributed by atoms with van der Waals surface area (Å²) in [6.07, 6.45) is -3.64. The van der Waals surface area contributed by atoms with Crippen molar-refractivity contribution in [1.29, 1.82) is 0 Å². The fourth-order valence-corrected chi connectivity index (χ4v) is 6.38. The van der Waals surface area contributed by atoms with E-state index >= 15 is 0 Å². The molecule has 0 aliphatic rings. The van der Waals surface area contributed by atoms with Gasteiger partial charge in [-0.25, -0.2) is 8.93 Å². The van der Waals surface area contributed by atoms with E-state index in [1.807, 2.05) is 39.0 Å². The molecule has 0 amide bonds. The molecule has 0 spiro atoms. The number of hydrogen-bond acceptors (Lipinski definition) is 4. The molecule has 0 radical (unpaired) electrons. The molecule has 1 unspecified atom stereocenters. The number of pyridine rings is 1. The Kier molecular flexibility index (Phi) is 8.02. The van der Waals surface area contributed by atoms with Crippen molar-refractivity contribution in [3.05, 3.63) is 86.8 Å². The van der Waals surface area contributed by atoms with Crippen LogP contribution < -0.4 is 4.72 Å². The molecule has 0 bridgehead atoms. The van der Waals surface area contributed by atoms with Gasteiger partial charge in [0.15, 0.2) is 5.60 Å². The highest BCUT2D eigenvalue weighted by molar-refractivity contribution is 7.84. The van der Waals surface area contributed by atoms with E-state index in [2.05, 4.69) is 9.71 Å². The van der Waals surface area contributed by atoms with E-state index in [4.69, 9.17) is 23.2 Å². The van der Waals surface area contributed by atoms with Crippen molar-refractivity contribution in [1.82, 2.24) is 9.71 Å². The Balaban J connectivity index is 1.88. The van der Waals surface area contributed by atoms with Crippen molar-refractivity contribution >= 4 is 55.6 Å². The molecule has 38 heavy (non-hydrogen) atoms. The molecule has 4 nitrogen and oxygen atoms in total. The lowest BCUT2D eigenvalue weighted by atomic mass is 9.94. The van der Waals surface area contributed by atoms with Crippen LogP contribution in [0.5, 0.6) is 0 Å². The van der Waals surface area contributed by atoms with Gasteiger partial charge in [0.1, 0.15) is 0 Å². The number of benzene rings is 2. The second-order valence-corrected chi connectivity index (χ2v) is 13.9. The van der Waals surface area contributed by atoms with Gasteiger partial charge in [-0.15, -0.1) is 11.3 Å². The van der Waals surface area contributed by atoms with Crippen LogP contribution in [0.15, 0.2) is 60.8 Å². The minimum atomic E-state index is -4.87. The van der Waals surface area contributed by atoms with Crippen LogP contribution in [0.25, 0.3) is 21.3 Å². The van der Waals surface area contributed by atoms with Crippen LogP contribution in [0.3, 0.4) is 0 Å². The molecule has 2 N–H and O–H groups in total. The number of nitrogens with one attached hydrogen (secondary N) is 1. The summed E-state index contributed by atoms with van der Waals surface area (Å²) >= 11 is 14.3. The number of halogens is 5. The zero-order valence-corrected chi connectivity index (χ0v) is 24.0. The number of hydrogen-bond donors (Lipinski definition) is 2. The summed E-state index contributed by atoms with van der Waals surface area (Å²) in [4.78, 5) is 5.07. The topological polar surface area (TPSA) is 62.2 Å². The Morgan fingerprint density at radius 3 is 2.34 bits per heavy atom. The van der Waals surface area contributed by atoms with Crippen molar-refractivity contribution in [2.24, 2.45) is 0 Å². The second kappa shape index (κ2) is 10.5. The first kappa shape index (κ1) is 29.0. The predicted molar refractivity (Wildman–Crippen MR) is 150 cm³/mol. The number of aliphatic hydroxyl groups is 1. The minimum Gasteiger partial charge on any atom is -0.376 e. The Hall–Kier alpha value is -2.01. The summed E-state index contributed by atoms with van der Waals surface area (Å²) in [5.74, 6) is 0. The van der Waals surface area contributed by atoms with E-state index in [-0.39, 0.29) is 11.3 Å². The van der Waals surface area contributed by atoms with E-state index in [0.717, 1.165) is 26.6 Å². The summed E-state index contributed by atoms with van der Waals surface area (Å²) in [5.41, 5.74) is -1.92. The first-order valence-electron chi connectivity index (χ1n) is 11.5. The molecule has 11 heteroatoms. The maximum absolute atomic E-state index is 13.5. The van der Waals surface area contributed by atoms with Gasteiger partial charge in [-0.2, -0.15) is 13.2 Å². The van der Waals surface area contributed by atoms with Crippen LogP contribution in [0, 0.1) is 0 Å². The average molecular weight is 602 g/mol. The summed E-state index contributed by atoms with van der Waals surface area (Å²) in [7, 11) is -1.44. The van der Waals surface area contributed by atoms with Gasteiger partial charge in [0, 0.05) is 31.4 Å². The van der Waals surface area contributed by atoms with Gasteiger partial charge >= 0.3 is 6.18 Å². The molecule has 0 fully saturated rings. The molecule has 2 heterocycles. The highest BCUT2D eigenvalue weighted by Gasteiger charge is 2.51. The Bertz CT molecular complexity index is 1510. The summed E-state index contributed by atoms with van der Waals surface area (Å²) < 4.78 is 57.0. The molecule has 2 aromatic heterocycles. The summed E-state index contributed by atoms with van der Waals surface area (Å²) in [5, 5.41) is 11.8. The van der Waals surface area contributed by atoms with Crippen LogP contribution in [-0.2, 0) is 16.6 Å². The third kappa shape index (κ3) is 5.78. The van der Waals surface area contributed by atoms with Gasteiger partial charge in [0.2, 0.25) is 0 Å². The summed E-state index contributed by atoms with van der Waals surface area (Å²) in [6, 6.07) is 14.3. The number of alkyl halides is 3. The fourth-order valence-electron chi connectivity index (χ4n) is 3.78. The third-order valence-corrected chi connectivity index (χ3v) is 9.41. The van der Waals surface area contributed by atoms with Crippen molar-refractivity contribution < 1.29 is 22.5 Å². The minimum absolute atomic E-state index is 0.230. The third-order valence-electron chi connectivity index (χ3n) is 6.03. The highest BCUT2D eigenvalue weighted by Crippen LogP contribution is 2.43. The number of fused-ring (bicyclic) bond motifs is 1. The van der Waals surface area contributed by atoms with Crippen molar-refractivity contribution in [2.75, 3.05) is 0 Å². The zero-order chi connectivity index (χ0) is 28.0. The number of aromatic nitrogens is 1. The molecule has 0 saturated heterocycles. The van der Waals surface area contributed by atoms with E-state index < -0.39 is 33.6 Å². The van der Waals surface area contributed by atoms with Crippen LogP contribution in [0.1, 0.15) is 49.7 Å². The first-order valence-corrected chi connectivity index (χ1v) is 14.2. The van der Waals surface area contributed by atoms with Crippen LogP contribution in [-0.4, -0.2) is 25.2 Å².